The number of nitrogens with one attached hydrogen (secondary N) is 4. The molecule has 14 nitrogen and oxygen atoms in total. The standard InChI is InChI=1S/C39H58N6O8/c1-9-13-27(32(47)35(49)40-19-28(46)42-30(36(50)44(7)8)23-14-11-10-12-15-23)41-34(48)31-29-25-17-16-24(18-25)26(29)20-45(31)37(51)33(39(4,5)6)43-38(52)53-21-22(2)3/h10-12,14-15,22,24-27,29-31,33H,9,13,16-21H2,1-8H3,(H,40,49)(H,41,48)(H,42,46)(H,43,52)/t24-,25+,26+,27+,29-,30?,31-,33+/m0/s1. The Morgan fingerprint density at radius 3 is 2.21 bits per heavy atom. The topological polar surface area (TPSA) is 183 Å². The summed E-state index contributed by atoms with van der Waals surface area (Å²) in [6.07, 6.45) is 2.88. The van der Waals surface area contributed by atoms with Crippen LogP contribution in [0.15, 0.2) is 30.3 Å². The maximum Gasteiger partial charge on any atom is 0.407 e. The summed E-state index contributed by atoms with van der Waals surface area (Å²) >= 11 is 0. The number of likely N-dealkylation sites (tertiary alicyclic amines) is 1. The summed E-state index contributed by atoms with van der Waals surface area (Å²) in [6.45, 7) is 11.1. The van der Waals surface area contributed by atoms with Gasteiger partial charge >= 0.3 is 6.09 Å². The van der Waals surface area contributed by atoms with Gasteiger partial charge in [0.25, 0.3) is 5.91 Å². The molecule has 3 aliphatic rings. The predicted octanol–water partition coefficient (Wildman–Crippen LogP) is 2.57. The van der Waals surface area contributed by atoms with Crippen LogP contribution in [-0.4, -0.2) is 103 Å². The van der Waals surface area contributed by atoms with Gasteiger partial charge in [-0.05, 0) is 66.3 Å². The summed E-state index contributed by atoms with van der Waals surface area (Å²) in [5, 5.41) is 10.5. The normalized spacial score (nSPS) is 23.3. The minimum atomic E-state index is -1.19. The Bertz CT molecular complexity index is 1530. The molecule has 1 unspecified atom stereocenters. The van der Waals surface area contributed by atoms with Crippen molar-refractivity contribution in [3.05, 3.63) is 35.9 Å². The molecule has 1 heterocycles. The van der Waals surface area contributed by atoms with Crippen molar-refractivity contribution in [2.45, 2.75) is 97.8 Å². The van der Waals surface area contributed by atoms with Gasteiger partial charge in [-0.1, -0.05) is 78.3 Å². The summed E-state index contributed by atoms with van der Waals surface area (Å²) in [6, 6.07) is 4.61. The number of nitrogens with zero attached hydrogens (tertiary/aromatic N) is 2. The Labute approximate surface area is 312 Å². The van der Waals surface area contributed by atoms with Crippen molar-refractivity contribution in [2.24, 2.45) is 35.0 Å². The van der Waals surface area contributed by atoms with Gasteiger partial charge in [0.1, 0.15) is 18.1 Å². The lowest BCUT2D eigenvalue weighted by Gasteiger charge is -2.37. The fraction of sp³-hybridized carbons (Fsp3) is 0.667. The van der Waals surface area contributed by atoms with Crippen LogP contribution in [0.4, 0.5) is 4.79 Å². The van der Waals surface area contributed by atoms with E-state index in [2.05, 4.69) is 21.3 Å². The maximum atomic E-state index is 14.4. The Morgan fingerprint density at radius 2 is 1.60 bits per heavy atom. The van der Waals surface area contributed by atoms with Gasteiger partial charge in [-0.15, -0.1) is 0 Å². The van der Waals surface area contributed by atoms with Crippen LogP contribution >= 0.6 is 0 Å². The summed E-state index contributed by atoms with van der Waals surface area (Å²) < 4.78 is 5.34. The SMILES string of the molecule is CCC[C@@H](NC(=O)[C@@H]1[C@H]2[C@@H]3CC[C@@H](C3)[C@H]2CN1C(=O)[C@@H](NC(=O)OCC(C)C)C(C)(C)C)C(=O)C(=O)NCC(=O)NC(C(=O)N(C)C)c1ccccc1. The van der Waals surface area contributed by atoms with Gasteiger partial charge < -0.3 is 35.8 Å². The number of likely N-dealkylation sites (N-methyl/N-ethyl adjacent to an activating group) is 1. The number of carbonyl (C=O) groups is 7. The first-order chi connectivity index (χ1) is 24.9. The zero-order valence-corrected chi connectivity index (χ0v) is 32.4. The van der Waals surface area contributed by atoms with E-state index in [1.54, 1.807) is 49.3 Å². The highest BCUT2D eigenvalue weighted by molar-refractivity contribution is 6.38. The van der Waals surface area contributed by atoms with E-state index in [1.165, 1.54) is 4.90 Å². The van der Waals surface area contributed by atoms with Crippen LogP contribution in [0, 0.1) is 35.0 Å². The van der Waals surface area contributed by atoms with E-state index in [0.717, 1.165) is 19.3 Å². The molecule has 1 aromatic carbocycles. The highest BCUT2D eigenvalue weighted by atomic mass is 16.5. The van der Waals surface area contributed by atoms with Crippen molar-refractivity contribution in [1.29, 1.82) is 0 Å². The van der Waals surface area contributed by atoms with E-state index < -0.39 is 71.6 Å². The molecule has 3 fully saturated rings. The average molecular weight is 739 g/mol. The number of Topliss-reactive ketones (excluding diaryl/α,β-unsaturated/α-hetero) is 1. The Hall–Kier alpha value is -4.49. The number of carbonyl (C=O) groups excluding carboxylic acids is 7. The third-order valence-corrected chi connectivity index (χ3v) is 10.7. The van der Waals surface area contributed by atoms with Crippen molar-refractivity contribution in [1.82, 2.24) is 31.1 Å². The van der Waals surface area contributed by atoms with Crippen molar-refractivity contribution in [3.63, 3.8) is 0 Å². The minimum Gasteiger partial charge on any atom is -0.449 e. The largest absolute Gasteiger partial charge is 0.449 e. The van der Waals surface area contributed by atoms with Crippen molar-refractivity contribution >= 4 is 41.4 Å². The molecule has 2 bridgehead atoms. The second-order valence-corrected chi connectivity index (χ2v) is 16.5. The summed E-state index contributed by atoms with van der Waals surface area (Å²) in [5.74, 6) is -3.18. The Kier molecular flexibility index (Phi) is 13.7. The van der Waals surface area contributed by atoms with Crippen molar-refractivity contribution in [2.75, 3.05) is 33.8 Å². The fourth-order valence-electron chi connectivity index (χ4n) is 8.15. The van der Waals surface area contributed by atoms with Gasteiger partial charge in [-0.2, -0.15) is 0 Å². The second kappa shape index (κ2) is 17.6. The highest BCUT2D eigenvalue weighted by Gasteiger charge is 2.60. The average Bonchev–Trinajstić information content (AvgIpc) is 3.83. The molecular formula is C39H58N6O8. The molecule has 1 aliphatic heterocycles. The van der Waals surface area contributed by atoms with E-state index in [-0.39, 0.29) is 42.6 Å². The van der Waals surface area contributed by atoms with Crippen molar-refractivity contribution < 1.29 is 38.3 Å². The molecule has 14 heteroatoms. The van der Waals surface area contributed by atoms with Gasteiger partial charge in [0, 0.05) is 20.6 Å². The number of benzene rings is 1. The minimum absolute atomic E-state index is 0.106. The number of hydrogen-bond acceptors (Lipinski definition) is 8. The van der Waals surface area contributed by atoms with Gasteiger partial charge in [0.2, 0.25) is 29.4 Å². The molecule has 2 saturated carbocycles. The zero-order valence-electron chi connectivity index (χ0n) is 32.4. The molecule has 1 saturated heterocycles. The van der Waals surface area contributed by atoms with Gasteiger partial charge in [-0.25, -0.2) is 4.79 Å². The lowest BCUT2D eigenvalue weighted by atomic mass is 9.78. The third-order valence-electron chi connectivity index (χ3n) is 10.7. The Balaban J connectivity index is 1.47. The number of rotatable bonds is 15. The van der Waals surface area contributed by atoms with Crippen LogP contribution in [-0.2, 0) is 33.5 Å². The molecule has 4 N–H and O–H groups in total. The molecule has 0 radical (unpaired) electrons. The summed E-state index contributed by atoms with van der Waals surface area (Å²) in [7, 11) is 3.13. The van der Waals surface area contributed by atoms with Crippen LogP contribution in [0.25, 0.3) is 0 Å². The van der Waals surface area contributed by atoms with E-state index >= 15 is 0 Å². The Morgan fingerprint density at radius 1 is 0.943 bits per heavy atom. The molecule has 4 rings (SSSR count). The summed E-state index contributed by atoms with van der Waals surface area (Å²) in [5.41, 5.74) is -0.155. The van der Waals surface area contributed by atoms with E-state index in [0.29, 0.717) is 24.4 Å². The van der Waals surface area contributed by atoms with Crippen LogP contribution in [0.2, 0.25) is 0 Å². The number of alkyl carbamates (subject to hydrolysis) is 1. The van der Waals surface area contributed by atoms with Crippen LogP contribution in [0.3, 0.4) is 0 Å². The molecule has 1 aromatic rings. The fourth-order valence-corrected chi connectivity index (χ4v) is 8.15. The van der Waals surface area contributed by atoms with E-state index in [4.69, 9.17) is 4.74 Å². The molecule has 53 heavy (non-hydrogen) atoms. The number of fused-ring (bicyclic) bond motifs is 5. The molecule has 0 spiro atoms. The smallest absolute Gasteiger partial charge is 0.407 e. The highest BCUT2D eigenvalue weighted by Crippen LogP contribution is 2.57. The summed E-state index contributed by atoms with van der Waals surface area (Å²) in [4.78, 5) is 96.8. The quantitative estimate of drug-likeness (QED) is 0.198. The number of amides is 6. The van der Waals surface area contributed by atoms with Gasteiger partial charge in [-0.3, -0.25) is 28.8 Å². The lowest BCUT2D eigenvalue weighted by Crippen LogP contribution is -2.60. The molecule has 8 atom stereocenters. The molecule has 292 valence electrons. The van der Waals surface area contributed by atoms with Crippen molar-refractivity contribution in [3.8, 4) is 0 Å². The first kappa shape index (κ1) is 41.3. The molecule has 0 aromatic heterocycles. The third kappa shape index (κ3) is 9.94. The number of ketones is 1. The monoisotopic (exact) mass is 738 g/mol. The first-order valence-electron chi connectivity index (χ1n) is 18.9. The number of hydrogen-bond donors (Lipinski definition) is 4. The van der Waals surface area contributed by atoms with E-state index in [9.17, 15) is 33.6 Å². The maximum absolute atomic E-state index is 14.4. The van der Waals surface area contributed by atoms with Crippen LogP contribution in [0.1, 0.15) is 85.3 Å². The van der Waals surface area contributed by atoms with Crippen LogP contribution < -0.4 is 21.3 Å². The van der Waals surface area contributed by atoms with Gasteiger partial charge in [0.05, 0.1) is 19.2 Å². The van der Waals surface area contributed by atoms with Crippen LogP contribution in [0.5, 0.6) is 0 Å². The lowest BCUT2D eigenvalue weighted by molar-refractivity contribution is -0.145. The number of ether oxygens (including phenoxy) is 1. The molecular weight excluding hydrogens is 680 g/mol. The molecule has 6 amide bonds. The van der Waals surface area contributed by atoms with E-state index in [1.807, 2.05) is 41.5 Å². The molecule has 2 aliphatic carbocycles. The zero-order chi connectivity index (χ0) is 39.2. The van der Waals surface area contributed by atoms with Gasteiger partial charge in [0.15, 0.2) is 0 Å². The first-order valence-corrected chi connectivity index (χ1v) is 18.9. The second-order valence-electron chi connectivity index (χ2n) is 16.5. The predicted molar refractivity (Wildman–Crippen MR) is 197 cm³/mol.